The number of thiophene rings is 1. The molecule has 23 heavy (non-hydrogen) atoms. The van der Waals surface area contributed by atoms with Gasteiger partial charge < -0.3 is 15.5 Å². The largest absolute Gasteiger partial charge is 0.478 e. The van der Waals surface area contributed by atoms with Gasteiger partial charge in [0.25, 0.3) is 0 Å². The summed E-state index contributed by atoms with van der Waals surface area (Å²) in [5.41, 5.74) is 1.01. The van der Waals surface area contributed by atoms with Gasteiger partial charge in [-0.05, 0) is 18.2 Å². The van der Waals surface area contributed by atoms with Crippen molar-refractivity contribution in [2.75, 3.05) is 12.4 Å². The summed E-state index contributed by atoms with van der Waals surface area (Å²) in [6, 6.07) is 6.75. The average molecular weight is 376 g/mol. The van der Waals surface area contributed by atoms with Crippen LogP contribution in [0.3, 0.4) is 0 Å². The van der Waals surface area contributed by atoms with Gasteiger partial charge in [0.1, 0.15) is 5.00 Å². The maximum Gasteiger partial charge on any atom is 0.368 e. The molecular weight excluding hydrogens is 365 g/mol. The van der Waals surface area contributed by atoms with E-state index < -0.39 is 11.9 Å². The van der Waals surface area contributed by atoms with Crippen molar-refractivity contribution in [3.8, 4) is 10.4 Å². The van der Waals surface area contributed by atoms with Crippen molar-refractivity contribution in [2.24, 2.45) is 0 Å². The Bertz CT molecular complexity index is 745. The van der Waals surface area contributed by atoms with E-state index in [2.05, 4.69) is 5.32 Å². The first kappa shape index (κ1) is 19.0. The Morgan fingerprint density at radius 1 is 1.22 bits per heavy atom. The minimum absolute atomic E-state index is 0.167. The number of benzene rings is 1. The van der Waals surface area contributed by atoms with Gasteiger partial charge in [0.2, 0.25) is 6.29 Å². The van der Waals surface area contributed by atoms with Crippen LogP contribution in [0, 0.1) is 0 Å². The summed E-state index contributed by atoms with van der Waals surface area (Å²) in [4.78, 5) is 29.8. The van der Waals surface area contributed by atoms with E-state index in [4.69, 9.17) is 43.0 Å². The molecule has 0 radical (unpaired) electrons. The van der Waals surface area contributed by atoms with Crippen LogP contribution < -0.4 is 5.32 Å². The zero-order valence-corrected chi connectivity index (χ0v) is 14.0. The third kappa shape index (κ3) is 5.24. The molecule has 1 aromatic heterocycles. The molecule has 0 aliphatic rings. The summed E-state index contributed by atoms with van der Waals surface area (Å²) >= 11 is 13.3. The quantitative estimate of drug-likeness (QED) is 0.555. The molecule has 0 atom stereocenters. The Labute approximate surface area is 145 Å². The first-order valence-corrected chi connectivity index (χ1v) is 7.55. The van der Waals surface area contributed by atoms with Crippen LogP contribution in [-0.4, -0.2) is 35.5 Å². The highest BCUT2D eigenvalue weighted by Crippen LogP contribution is 2.39. The molecule has 0 aliphatic carbocycles. The summed E-state index contributed by atoms with van der Waals surface area (Å²) in [7, 11) is 1.69. The average Bonchev–Trinajstić information content (AvgIpc) is 2.92. The third-order valence-electron chi connectivity index (χ3n) is 2.49. The van der Waals surface area contributed by atoms with Crippen molar-refractivity contribution < 1.29 is 24.6 Å². The third-order valence-corrected chi connectivity index (χ3v) is 4.22. The molecule has 1 heterocycles. The van der Waals surface area contributed by atoms with E-state index in [1.165, 1.54) is 11.3 Å². The molecule has 0 fully saturated rings. The second-order valence-corrected chi connectivity index (χ2v) is 5.88. The number of carbonyl (C=O) groups is 3. The number of hydrogen-bond acceptors (Lipinski definition) is 5. The number of aromatic carboxylic acids is 1. The number of rotatable bonds is 4. The maximum atomic E-state index is 11.1. The molecule has 0 spiro atoms. The van der Waals surface area contributed by atoms with Crippen LogP contribution in [0.1, 0.15) is 10.4 Å². The standard InChI is InChI=1S/C12H9Cl2NO2S.C2H2O3/c1-15-11-8(12(16)17)5-10(18-11)7-3-2-6(13)4-9(7)14;3-1-2(4)5/h2-5,15H,1H3,(H,16,17);1H,(H,4,5). The molecule has 2 aromatic rings. The van der Waals surface area contributed by atoms with Gasteiger partial charge in [0, 0.05) is 22.5 Å². The molecule has 9 heteroatoms. The van der Waals surface area contributed by atoms with Crippen LogP contribution in [0.4, 0.5) is 5.00 Å². The number of carbonyl (C=O) groups excluding carboxylic acids is 1. The number of carboxylic acid groups (broad SMARTS) is 2. The fraction of sp³-hybridized carbons (Fsp3) is 0.0714. The van der Waals surface area contributed by atoms with E-state index in [0.717, 1.165) is 10.4 Å². The number of halogens is 2. The fourth-order valence-corrected chi connectivity index (χ4v) is 3.17. The van der Waals surface area contributed by atoms with Gasteiger partial charge in [-0.2, -0.15) is 0 Å². The number of aliphatic carboxylic acids is 1. The molecule has 1 aromatic carbocycles. The summed E-state index contributed by atoms with van der Waals surface area (Å²) in [6.07, 6.45) is -0.167. The first-order valence-electron chi connectivity index (χ1n) is 5.98. The predicted octanol–water partition coefficient (Wildman–Crippen LogP) is 3.73. The Hall–Kier alpha value is -2.09. The zero-order valence-electron chi connectivity index (χ0n) is 11.7. The minimum Gasteiger partial charge on any atom is -0.478 e. The molecule has 0 bridgehead atoms. The van der Waals surface area contributed by atoms with E-state index in [-0.39, 0.29) is 11.8 Å². The normalized spacial score (nSPS) is 9.52. The second-order valence-electron chi connectivity index (χ2n) is 3.99. The van der Waals surface area contributed by atoms with Crippen LogP contribution in [0.25, 0.3) is 10.4 Å². The molecule has 6 nitrogen and oxygen atoms in total. The van der Waals surface area contributed by atoms with Crippen molar-refractivity contribution in [3.63, 3.8) is 0 Å². The van der Waals surface area contributed by atoms with Gasteiger partial charge in [-0.15, -0.1) is 11.3 Å². The van der Waals surface area contributed by atoms with E-state index in [1.54, 1.807) is 31.3 Å². The SMILES string of the molecule is CNc1sc(-c2ccc(Cl)cc2Cl)cc1C(=O)O.O=CC(=O)O. The highest BCUT2D eigenvalue weighted by Gasteiger charge is 2.16. The van der Waals surface area contributed by atoms with Gasteiger partial charge in [0.05, 0.1) is 10.6 Å². The molecule has 0 unspecified atom stereocenters. The molecular formula is C14H11Cl2NO5S. The molecule has 0 saturated heterocycles. The number of hydrogen-bond donors (Lipinski definition) is 3. The van der Waals surface area contributed by atoms with E-state index in [0.29, 0.717) is 15.0 Å². The van der Waals surface area contributed by atoms with E-state index in [1.807, 2.05) is 0 Å². The first-order chi connectivity index (χ1) is 10.8. The topological polar surface area (TPSA) is 104 Å². The van der Waals surface area contributed by atoms with Crippen molar-refractivity contribution in [1.82, 2.24) is 0 Å². The number of carboxylic acids is 2. The zero-order chi connectivity index (χ0) is 17.6. The summed E-state index contributed by atoms with van der Waals surface area (Å²) in [6.45, 7) is 0. The lowest BCUT2D eigenvalue weighted by Gasteiger charge is -2.01. The van der Waals surface area contributed by atoms with Crippen molar-refractivity contribution >= 4 is 57.8 Å². The van der Waals surface area contributed by atoms with Gasteiger partial charge in [-0.25, -0.2) is 9.59 Å². The van der Waals surface area contributed by atoms with Gasteiger partial charge in [-0.1, -0.05) is 29.3 Å². The van der Waals surface area contributed by atoms with Crippen molar-refractivity contribution in [1.29, 1.82) is 0 Å². The van der Waals surface area contributed by atoms with Gasteiger partial charge in [-0.3, -0.25) is 4.79 Å². The highest BCUT2D eigenvalue weighted by molar-refractivity contribution is 7.19. The number of aldehydes is 1. The minimum atomic E-state index is -1.43. The lowest BCUT2D eigenvalue weighted by Crippen LogP contribution is -1.97. The number of anilines is 1. The van der Waals surface area contributed by atoms with Gasteiger partial charge >= 0.3 is 11.9 Å². The van der Waals surface area contributed by atoms with Crippen molar-refractivity contribution in [2.45, 2.75) is 0 Å². The fourth-order valence-electron chi connectivity index (χ4n) is 1.56. The lowest BCUT2D eigenvalue weighted by atomic mass is 10.1. The molecule has 0 aliphatic heterocycles. The molecule has 3 N–H and O–H groups in total. The molecule has 0 saturated carbocycles. The van der Waals surface area contributed by atoms with E-state index >= 15 is 0 Å². The lowest BCUT2D eigenvalue weighted by molar-refractivity contribution is -0.143. The van der Waals surface area contributed by atoms with Crippen LogP contribution >= 0.6 is 34.5 Å². The smallest absolute Gasteiger partial charge is 0.368 e. The van der Waals surface area contributed by atoms with Crippen molar-refractivity contribution in [3.05, 3.63) is 39.9 Å². The van der Waals surface area contributed by atoms with Gasteiger partial charge in [0.15, 0.2) is 0 Å². The van der Waals surface area contributed by atoms with Crippen LogP contribution in [0.2, 0.25) is 10.0 Å². The Balaban J connectivity index is 0.000000463. The Morgan fingerprint density at radius 2 is 1.83 bits per heavy atom. The van der Waals surface area contributed by atoms with Crippen LogP contribution in [0.5, 0.6) is 0 Å². The van der Waals surface area contributed by atoms with Crippen LogP contribution in [0.15, 0.2) is 24.3 Å². The highest BCUT2D eigenvalue weighted by atomic mass is 35.5. The summed E-state index contributed by atoms with van der Waals surface area (Å²) < 4.78 is 0. The maximum absolute atomic E-state index is 11.1. The molecule has 2 rings (SSSR count). The van der Waals surface area contributed by atoms with Crippen LogP contribution in [-0.2, 0) is 9.59 Å². The summed E-state index contributed by atoms with van der Waals surface area (Å²) in [5, 5.41) is 21.0. The Morgan fingerprint density at radius 3 is 2.22 bits per heavy atom. The molecule has 0 amide bonds. The second kappa shape index (κ2) is 8.52. The van der Waals surface area contributed by atoms with E-state index in [9.17, 15) is 4.79 Å². The summed E-state index contributed by atoms with van der Waals surface area (Å²) in [5.74, 6) is -2.39. The molecule has 122 valence electrons. The Kier molecular flexibility index (Phi) is 7.02. The monoisotopic (exact) mass is 375 g/mol. The number of nitrogens with one attached hydrogen (secondary N) is 1. The predicted molar refractivity (Wildman–Crippen MR) is 90.0 cm³/mol.